The summed E-state index contributed by atoms with van der Waals surface area (Å²) in [4.78, 5) is 11.8. The lowest BCUT2D eigenvalue weighted by Gasteiger charge is -2.19. The van der Waals surface area contributed by atoms with Crippen molar-refractivity contribution < 1.29 is 9.18 Å². The Hall–Kier alpha value is -2.36. The van der Waals surface area contributed by atoms with Crippen LogP contribution in [0.2, 0.25) is 0 Å². The Labute approximate surface area is 143 Å². The third-order valence-electron chi connectivity index (χ3n) is 3.87. The maximum absolute atomic E-state index is 13.5. The van der Waals surface area contributed by atoms with Crippen LogP contribution in [-0.4, -0.2) is 12.5 Å². The zero-order chi connectivity index (χ0) is 17.6. The maximum atomic E-state index is 13.5. The molecule has 3 nitrogen and oxygen atoms in total. The van der Waals surface area contributed by atoms with Crippen LogP contribution in [0.4, 0.5) is 10.1 Å². The second kappa shape index (κ2) is 7.95. The first-order valence-electron chi connectivity index (χ1n) is 8.21. The van der Waals surface area contributed by atoms with Crippen molar-refractivity contribution >= 4 is 11.6 Å². The molecule has 1 amide bonds. The van der Waals surface area contributed by atoms with Crippen molar-refractivity contribution in [1.29, 1.82) is 0 Å². The van der Waals surface area contributed by atoms with Gasteiger partial charge in [0.05, 0.1) is 0 Å². The Morgan fingerprint density at radius 1 is 1.04 bits per heavy atom. The highest BCUT2D eigenvalue weighted by molar-refractivity contribution is 5.76. The lowest BCUT2D eigenvalue weighted by atomic mass is 9.87. The Morgan fingerprint density at radius 2 is 1.71 bits per heavy atom. The molecule has 0 heterocycles. The van der Waals surface area contributed by atoms with Gasteiger partial charge in [-0.25, -0.2) is 4.39 Å². The molecule has 2 N–H and O–H groups in total. The van der Waals surface area contributed by atoms with Crippen LogP contribution in [0.25, 0.3) is 0 Å². The number of benzene rings is 2. The number of rotatable bonds is 6. The SMILES string of the molecule is CC(C)(C)c1ccc(NCCC(=O)NCc2ccccc2F)cc1. The van der Waals surface area contributed by atoms with Gasteiger partial charge in [-0.05, 0) is 29.2 Å². The lowest BCUT2D eigenvalue weighted by molar-refractivity contribution is -0.121. The summed E-state index contributed by atoms with van der Waals surface area (Å²) >= 11 is 0. The Morgan fingerprint density at radius 3 is 2.33 bits per heavy atom. The molecule has 2 rings (SSSR count). The zero-order valence-electron chi connectivity index (χ0n) is 14.5. The van der Waals surface area contributed by atoms with Crippen molar-refractivity contribution in [3.63, 3.8) is 0 Å². The smallest absolute Gasteiger partial charge is 0.222 e. The molecule has 0 aliphatic rings. The number of hydrogen-bond donors (Lipinski definition) is 2. The van der Waals surface area contributed by atoms with Crippen molar-refractivity contribution in [2.45, 2.75) is 39.2 Å². The number of amides is 1. The molecule has 128 valence electrons. The summed E-state index contributed by atoms with van der Waals surface area (Å²) in [6.07, 6.45) is 0.343. The van der Waals surface area contributed by atoms with Gasteiger partial charge in [-0.15, -0.1) is 0 Å². The predicted octanol–water partition coefficient (Wildman–Crippen LogP) is 4.24. The van der Waals surface area contributed by atoms with Gasteiger partial charge in [-0.3, -0.25) is 4.79 Å². The molecule has 0 aromatic heterocycles. The second-order valence-electron chi connectivity index (χ2n) is 6.87. The predicted molar refractivity (Wildman–Crippen MR) is 96.5 cm³/mol. The standard InChI is InChI=1S/C20H25FN2O/c1-20(2,3)16-8-10-17(11-9-16)22-13-12-19(24)23-14-15-6-4-5-7-18(15)21/h4-11,22H,12-14H2,1-3H3,(H,23,24). The van der Waals surface area contributed by atoms with Gasteiger partial charge in [0.15, 0.2) is 0 Å². The molecular weight excluding hydrogens is 303 g/mol. The van der Waals surface area contributed by atoms with E-state index >= 15 is 0 Å². The van der Waals surface area contributed by atoms with E-state index in [4.69, 9.17) is 0 Å². The van der Waals surface area contributed by atoms with E-state index in [1.165, 1.54) is 11.6 Å². The fraction of sp³-hybridized carbons (Fsp3) is 0.350. The number of hydrogen-bond acceptors (Lipinski definition) is 2. The highest BCUT2D eigenvalue weighted by Crippen LogP contribution is 2.23. The van der Waals surface area contributed by atoms with Crippen LogP contribution < -0.4 is 10.6 Å². The van der Waals surface area contributed by atoms with Gasteiger partial charge in [-0.1, -0.05) is 51.1 Å². The van der Waals surface area contributed by atoms with Gasteiger partial charge >= 0.3 is 0 Å². The van der Waals surface area contributed by atoms with E-state index in [1.54, 1.807) is 18.2 Å². The van der Waals surface area contributed by atoms with Crippen molar-refractivity contribution in [3.8, 4) is 0 Å². The highest BCUT2D eigenvalue weighted by atomic mass is 19.1. The third kappa shape index (κ3) is 5.37. The first-order valence-corrected chi connectivity index (χ1v) is 8.21. The molecule has 4 heteroatoms. The minimum atomic E-state index is -0.296. The van der Waals surface area contributed by atoms with E-state index in [0.29, 0.717) is 18.5 Å². The molecule has 0 bridgehead atoms. The molecule has 0 saturated carbocycles. The lowest BCUT2D eigenvalue weighted by Crippen LogP contribution is -2.25. The molecule has 2 aromatic rings. The van der Waals surface area contributed by atoms with E-state index < -0.39 is 0 Å². The van der Waals surface area contributed by atoms with Crippen molar-refractivity contribution in [3.05, 3.63) is 65.5 Å². The molecule has 0 aliphatic heterocycles. The highest BCUT2D eigenvalue weighted by Gasteiger charge is 2.12. The average molecular weight is 328 g/mol. The van der Waals surface area contributed by atoms with Gasteiger partial charge in [0.25, 0.3) is 0 Å². The van der Waals surface area contributed by atoms with E-state index in [0.717, 1.165) is 5.69 Å². The second-order valence-corrected chi connectivity index (χ2v) is 6.87. The van der Waals surface area contributed by atoms with Crippen LogP contribution in [-0.2, 0) is 16.8 Å². The fourth-order valence-corrected chi connectivity index (χ4v) is 2.33. The van der Waals surface area contributed by atoms with Gasteiger partial charge in [-0.2, -0.15) is 0 Å². The van der Waals surface area contributed by atoms with Crippen LogP contribution in [0.5, 0.6) is 0 Å². The Kier molecular flexibility index (Phi) is 5.96. The normalized spacial score (nSPS) is 11.2. The summed E-state index contributed by atoms with van der Waals surface area (Å²) in [5, 5.41) is 5.96. The van der Waals surface area contributed by atoms with Crippen LogP contribution in [0.3, 0.4) is 0 Å². The zero-order valence-corrected chi connectivity index (χ0v) is 14.5. The molecule has 0 atom stereocenters. The van der Waals surface area contributed by atoms with Crippen LogP contribution in [0.1, 0.15) is 38.3 Å². The van der Waals surface area contributed by atoms with Crippen molar-refractivity contribution in [1.82, 2.24) is 5.32 Å². The molecule has 0 fully saturated rings. The van der Waals surface area contributed by atoms with Crippen LogP contribution in [0.15, 0.2) is 48.5 Å². The van der Waals surface area contributed by atoms with E-state index in [2.05, 4.69) is 43.5 Å². The molecule has 0 aliphatic carbocycles. The molecule has 0 unspecified atom stereocenters. The van der Waals surface area contributed by atoms with Crippen molar-refractivity contribution in [2.75, 3.05) is 11.9 Å². The molecule has 24 heavy (non-hydrogen) atoms. The summed E-state index contributed by atoms with van der Waals surface area (Å²) in [5.74, 6) is -0.396. The largest absolute Gasteiger partial charge is 0.385 e. The fourth-order valence-electron chi connectivity index (χ4n) is 2.33. The molecule has 0 spiro atoms. The monoisotopic (exact) mass is 328 g/mol. The molecule has 0 saturated heterocycles. The Bertz CT molecular complexity index is 675. The first kappa shape index (κ1) is 18.0. The first-order chi connectivity index (χ1) is 11.4. The summed E-state index contributed by atoms with van der Waals surface area (Å²) < 4.78 is 13.5. The quantitative estimate of drug-likeness (QED) is 0.832. The van der Waals surface area contributed by atoms with Crippen LogP contribution in [0, 0.1) is 5.82 Å². The van der Waals surface area contributed by atoms with Gasteiger partial charge < -0.3 is 10.6 Å². The summed E-state index contributed by atoms with van der Waals surface area (Å²) in [6.45, 7) is 7.28. The molecule has 2 aromatic carbocycles. The van der Waals surface area contributed by atoms with Gasteiger partial charge in [0.1, 0.15) is 5.82 Å². The summed E-state index contributed by atoms with van der Waals surface area (Å²) in [7, 11) is 0. The summed E-state index contributed by atoms with van der Waals surface area (Å²) in [6, 6.07) is 14.7. The molecule has 0 radical (unpaired) electrons. The van der Waals surface area contributed by atoms with Crippen molar-refractivity contribution in [2.24, 2.45) is 0 Å². The maximum Gasteiger partial charge on any atom is 0.222 e. The number of anilines is 1. The average Bonchev–Trinajstić information content (AvgIpc) is 2.54. The minimum Gasteiger partial charge on any atom is -0.385 e. The topological polar surface area (TPSA) is 41.1 Å². The molecular formula is C20H25FN2O. The third-order valence-corrected chi connectivity index (χ3v) is 3.87. The Balaban J connectivity index is 1.74. The minimum absolute atomic E-state index is 0.0999. The number of carbonyl (C=O) groups excluding carboxylic acids is 1. The van der Waals surface area contributed by atoms with Gasteiger partial charge in [0.2, 0.25) is 5.91 Å². The summed E-state index contributed by atoms with van der Waals surface area (Å²) in [5.41, 5.74) is 2.89. The van der Waals surface area contributed by atoms with E-state index in [1.807, 2.05) is 12.1 Å². The van der Waals surface area contributed by atoms with E-state index in [9.17, 15) is 9.18 Å². The van der Waals surface area contributed by atoms with Gasteiger partial charge in [0, 0.05) is 30.8 Å². The van der Waals surface area contributed by atoms with E-state index in [-0.39, 0.29) is 23.7 Å². The number of halogens is 1. The number of carbonyl (C=O) groups is 1. The van der Waals surface area contributed by atoms with Crippen LogP contribution >= 0.6 is 0 Å². The number of nitrogens with one attached hydrogen (secondary N) is 2.